The Labute approximate surface area is 157 Å². The topological polar surface area (TPSA) is 88.0 Å². The van der Waals surface area contributed by atoms with E-state index in [2.05, 4.69) is 21.3 Å². The van der Waals surface area contributed by atoms with Crippen LogP contribution in [0.25, 0.3) is 0 Å². The Morgan fingerprint density at radius 2 is 2.00 bits per heavy atom. The van der Waals surface area contributed by atoms with Crippen LogP contribution >= 0.6 is 0 Å². The number of nitrogens with one attached hydrogen (secondary N) is 3. The highest BCUT2D eigenvalue weighted by Gasteiger charge is 2.28. The molecule has 1 saturated heterocycles. The highest BCUT2D eigenvalue weighted by Crippen LogP contribution is 2.24. The summed E-state index contributed by atoms with van der Waals surface area (Å²) in [6.45, 7) is 6.28. The molecule has 0 aliphatic carbocycles. The molecule has 1 aliphatic heterocycles. The van der Waals surface area contributed by atoms with Gasteiger partial charge in [-0.1, -0.05) is 12.1 Å². The van der Waals surface area contributed by atoms with Crippen molar-refractivity contribution >= 4 is 11.7 Å². The summed E-state index contributed by atoms with van der Waals surface area (Å²) >= 11 is 0. The van der Waals surface area contributed by atoms with Crippen LogP contribution in [0, 0.1) is 25.6 Å². The number of Topliss-reactive ketones (excluding diaryl/α,β-unsaturated/α-hetero) is 1. The second-order valence-corrected chi connectivity index (χ2v) is 6.88. The minimum atomic E-state index is -0.274. The molecule has 2 aromatic rings. The molecule has 3 N–H and O–H groups in total. The lowest BCUT2D eigenvalue weighted by Crippen LogP contribution is -2.35. The number of hydrazine groups is 1. The van der Waals surface area contributed by atoms with Crippen LogP contribution in [-0.2, 0) is 11.3 Å². The molecule has 2 unspecified atom stereocenters. The van der Waals surface area contributed by atoms with Crippen LogP contribution in [-0.4, -0.2) is 34.6 Å². The summed E-state index contributed by atoms with van der Waals surface area (Å²) in [6.07, 6.45) is 0. The number of ketones is 1. The van der Waals surface area contributed by atoms with Crippen molar-refractivity contribution in [3.05, 3.63) is 52.6 Å². The maximum absolute atomic E-state index is 13.1. The van der Waals surface area contributed by atoms with Crippen LogP contribution in [0.15, 0.2) is 24.3 Å². The van der Waals surface area contributed by atoms with Crippen LogP contribution in [0.2, 0.25) is 0 Å². The minimum Gasteiger partial charge on any atom is -0.354 e. The molecule has 2 heterocycles. The molecule has 0 spiro atoms. The van der Waals surface area contributed by atoms with Gasteiger partial charge in [0.1, 0.15) is 12.4 Å². The van der Waals surface area contributed by atoms with Gasteiger partial charge in [-0.3, -0.25) is 19.7 Å². The van der Waals surface area contributed by atoms with E-state index in [0.717, 1.165) is 5.56 Å². The van der Waals surface area contributed by atoms with Crippen molar-refractivity contribution in [1.29, 1.82) is 0 Å². The van der Waals surface area contributed by atoms with Gasteiger partial charge in [-0.15, -0.1) is 0 Å². The van der Waals surface area contributed by atoms with E-state index in [9.17, 15) is 14.0 Å². The van der Waals surface area contributed by atoms with Crippen molar-refractivity contribution in [1.82, 2.24) is 25.9 Å². The van der Waals surface area contributed by atoms with Crippen molar-refractivity contribution in [3.8, 4) is 0 Å². The number of halogens is 1. The Balaban J connectivity index is 1.60. The summed E-state index contributed by atoms with van der Waals surface area (Å²) < 4.78 is 14.7. The summed E-state index contributed by atoms with van der Waals surface area (Å²) in [5.74, 6) is -0.362. The average Bonchev–Trinajstić information content (AvgIpc) is 3.18. The van der Waals surface area contributed by atoms with Crippen LogP contribution < -0.4 is 16.2 Å². The Hall–Kier alpha value is -2.58. The minimum absolute atomic E-state index is 0.0103. The van der Waals surface area contributed by atoms with E-state index in [1.165, 1.54) is 19.1 Å². The molecule has 1 amide bonds. The summed E-state index contributed by atoms with van der Waals surface area (Å²) in [6, 6.07) is 6.34. The van der Waals surface area contributed by atoms with E-state index < -0.39 is 0 Å². The normalized spacial score (nSPS) is 19.3. The molecule has 1 aliphatic rings. The molecule has 8 heteroatoms. The summed E-state index contributed by atoms with van der Waals surface area (Å²) in [4.78, 5) is 24.0. The monoisotopic (exact) mass is 373 g/mol. The van der Waals surface area contributed by atoms with Gasteiger partial charge in [0.05, 0.1) is 17.3 Å². The number of hydrogen-bond acceptors (Lipinski definition) is 5. The number of aryl methyl sites for hydroxylation is 1. The molecular formula is C19H24FN5O2. The van der Waals surface area contributed by atoms with Crippen LogP contribution in [0.4, 0.5) is 4.39 Å². The lowest BCUT2D eigenvalue weighted by molar-refractivity contribution is -0.122. The quantitative estimate of drug-likeness (QED) is 0.667. The Bertz CT molecular complexity index is 847. The lowest BCUT2D eigenvalue weighted by atomic mass is 9.95. The molecule has 1 aromatic heterocycles. The third kappa shape index (κ3) is 4.23. The smallest absolute Gasteiger partial charge is 0.241 e. The number of benzene rings is 1. The van der Waals surface area contributed by atoms with Gasteiger partial charge >= 0.3 is 0 Å². The van der Waals surface area contributed by atoms with Gasteiger partial charge < -0.3 is 5.32 Å². The highest BCUT2D eigenvalue weighted by atomic mass is 19.1. The van der Waals surface area contributed by atoms with Crippen molar-refractivity contribution < 1.29 is 14.0 Å². The fraction of sp³-hybridized carbons (Fsp3) is 0.421. The van der Waals surface area contributed by atoms with E-state index >= 15 is 0 Å². The number of carbonyl (C=O) groups excluding carboxylic acids is 2. The second kappa shape index (κ2) is 7.98. The van der Waals surface area contributed by atoms with Gasteiger partial charge in [0, 0.05) is 24.7 Å². The fourth-order valence-corrected chi connectivity index (χ4v) is 3.55. The molecule has 27 heavy (non-hydrogen) atoms. The van der Waals surface area contributed by atoms with E-state index in [4.69, 9.17) is 0 Å². The molecule has 0 radical (unpaired) electrons. The first-order valence-electron chi connectivity index (χ1n) is 8.92. The number of nitrogens with zero attached hydrogens (tertiary/aromatic N) is 2. The molecule has 3 rings (SSSR count). The third-order valence-corrected chi connectivity index (χ3v) is 4.91. The Morgan fingerprint density at radius 1 is 1.30 bits per heavy atom. The number of rotatable bonds is 6. The second-order valence-electron chi connectivity index (χ2n) is 6.88. The van der Waals surface area contributed by atoms with E-state index in [1.54, 1.807) is 30.7 Å². The summed E-state index contributed by atoms with van der Waals surface area (Å²) in [7, 11) is 0. The average molecular weight is 373 g/mol. The van der Waals surface area contributed by atoms with Gasteiger partial charge in [-0.25, -0.2) is 9.82 Å². The zero-order chi connectivity index (χ0) is 19.6. The first kappa shape index (κ1) is 19.2. The third-order valence-electron chi connectivity index (χ3n) is 4.91. The lowest BCUT2D eigenvalue weighted by Gasteiger charge is -2.19. The van der Waals surface area contributed by atoms with E-state index in [1.807, 2.05) is 0 Å². The number of aromatic nitrogens is 2. The molecule has 7 nitrogen and oxygen atoms in total. The van der Waals surface area contributed by atoms with Gasteiger partial charge in [0.2, 0.25) is 5.91 Å². The molecule has 0 saturated carbocycles. The predicted molar refractivity (Wildman–Crippen MR) is 98.5 cm³/mol. The molecule has 1 fully saturated rings. The first-order chi connectivity index (χ1) is 12.9. The first-order valence-corrected chi connectivity index (χ1v) is 8.92. The maximum atomic E-state index is 13.1. The molecule has 1 aromatic carbocycles. The zero-order valence-corrected chi connectivity index (χ0v) is 15.7. The molecular weight excluding hydrogens is 349 g/mol. The number of carbonyl (C=O) groups is 2. The Morgan fingerprint density at radius 3 is 2.63 bits per heavy atom. The SMILES string of the molecule is CC(=O)c1c(C)nn(CC(=O)NCC2CNNC2c2ccc(F)cc2)c1C. The fourth-order valence-electron chi connectivity index (χ4n) is 3.55. The van der Waals surface area contributed by atoms with Crippen molar-refractivity contribution in [2.45, 2.75) is 33.4 Å². The van der Waals surface area contributed by atoms with Crippen LogP contribution in [0.1, 0.15) is 40.3 Å². The van der Waals surface area contributed by atoms with Crippen molar-refractivity contribution in [2.75, 3.05) is 13.1 Å². The number of hydrogen-bond donors (Lipinski definition) is 3. The van der Waals surface area contributed by atoms with Gasteiger partial charge in [0.15, 0.2) is 5.78 Å². The standard InChI is InChI=1S/C19H24FN5O2/c1-11-18(13(3)26)12(2)25(24-11)10-17(27)21-8-15-9-22-23-19(15)14-4-6-16(20)7-5-14/h4-7,15,19,22-23H,8-10H2,1-3H3,(H,21,27). The van der Waals surface area contributed by atoms with Crippen molar-refractivity contribution in [3.63, 3.8) is 0 Å². The van der Waals surface area contributed by atoms with Crippen molar-refractivity contribution in [2.24, 2.45) is 5.92 Å². The summed E-state index contributed by atoms with van der Waals surface area (Å²) in [5.41, 5.74) is 9.13. The predicted octanol–water partition coefficient (Wildman–Crippen LogP) is 1.42. The number of amides is 1. The van der Waals surface area contributed by atoms with E-state index in [-0.39, 0.29) is 36.0 Å². The van der Waals surface area contributed by atoms with Gasteiger partial charge in [-0.2, -0.15) is 5.10 Å². The maximum Gasteiger partial charge on any atom is 0.241 e. The van der Waals surface area contributed by atoms with Gasteiger partial charge in [0.25, 0.3) is 0 Å². The Kier molecular flexibility index (Phi) is 5.67. The summed E-state index contributed by atoms with van der Waals surface area (Å²) in [5, 5.41) is 7.23. The van der Waals surface area contributed by atoms with E-state index in [0.29, 0.717) is 30.0 Å². The van der Waals surface area contributed by atoms with Crippen LogP contribution in [0.3, 0.4) is 0 Å². The molecule has 0 bridgehead atoms. The zero-order valence-electron chi connectivity index (χ0n) is 15.7. The highest BCUT2D eigenvalue weighted by molar-refractivity contribution is 5.96. The largest absolute Gasteiger partial charge is 0.354 e. The van der Waals surface area contributed by atoms with Gasteiger partial charge in [-0.05, 0) is 38.5 Å². The molecule has 144 valence electrons. The van der Waals surface area contributed by atoms with Crippen LogP contribution in [0.5, 0.6) is 0 Å². The molecule has 2 atom stereocenters.